The maximum absolute atomic E-state index is 12.6. The minimum absolute atomic E-state index is 0.0533. The number of nitrogens with one attached hydrogen (secondary N) is 3. The molecule has 6 nitrogen and oxygen atoms in total. The fourth-order valence-corrected chi connectivity index (χ4v) is 2.69. The highest BCUT2D eigenvalue weighted by molar-refractivity contribution is 6.30. The van der Waals surface area contributed by atoms with Crippen LogP contribution in [0, 0.1) is 0 Å². The number of carbonyl (C=O) groups excluding carboxylic acids is 1. The summed E-state index contributed by atoms with van der Waals surface area (Å²) in [5.41, 5.74) is 1.97. The molecule has 0 spiro atoms. The number of carbonyl (C=O) groups is 1. The second-order valence-corrected chi connectivity index (χ2v) is 6.39. The molecule has 0 fully saturated rings. The summed E-state index contributed by atoms with van der Waals surface area (Å²) in [6, 6.07) is 11.6. The standard InChI is InChI=1S/C20H23ClF2N4O2/c1-3-25-20(26-11-13-4-6-14(7-5-13)18(28)24-2)27-12-15-10-16(21)8-9-17(15)29-19(22)23/h4-10,19H,3,11-12H2,1-2H3,(H,24,28)(H2,25,26,27). The molecule has 2 aromatic rings. The van der Waals surface area contributed by atoms with Crippen molar-refractivity contribution in [3.8, 4) is 5.75 Å². The Kier molecular flexibility index (Phi) is 8.67. The maximum Gasteiger partial charge on any atom is 0.387 e. The first-order chi connectivity index (χ1) is 13.9. The Balaban J connectivity index is 2.06. The summed E-state index contributed by atoms with van der Waals surface area (Å²) in [7, 11) is 1.58. The van der Waals surface area contributed by atoms with Crippen molar-refractivity contribution in [3.63, 3.8) is 0 Å². The highest BCUT2D eigenvalue weighted by Gasteiger charge is 2.11. The van der Waals surface area contributed by atoms with Gasteiger partial charge in [0.1, 0.15) is 5.75 Å². The first-order valence-electron chi connectivity index (χ1n) is 8.99. The van der Waals surface area contributed by atoms with Gasteiger partial charge < -0.3 is 20.7 Å². The molecule has 0 unspecified atom stereocenters. The summed E-state index contributed by atoms with van der Waals surface area (Å²) >= 11 is 5.97. The molecule has 0 aromatic heterocycles. The van der Waals surface area contributed by atoms with Crippen LogP contribution >= 0.6 is 11.6 Å². The fourth-order valence-electron chi connectivity index (χ4n) is 2.49. The van der Waals surface area contributed by atoms with Crippen molar-refractivity contribution in [1.82, 2.24) is 16.0 Å². The van der Waals surface area contributed by atoms with Crippen molar-refractivity contribution in [2.45, 2.75) is 26.6 Å². The largest absolute Gasteiger partial charge is 0.434 e. The smallest absolute Gasteiger partial charge is 0.387 e. The van der Waals surface area contributed by atoms with Crippen LogP contribution in [0.3, 0.4) is 0 Å². The van der Waals surface area contributed by atoms with E-state index in [0.29, 0.717) is 35.2 Å². The van der Waals surface area contributed by atoms with Gasteiger partial charge in [-0.15, -0.1) is 0 Å². The van der Waals surface area contributed by atoms with Gasteiger partial charge in [0.05, 0.1) is 6.54 Å². The number of hydrogen-bond donors (Lipinski definition) is 3. The molecule has 156 valence electrons. The van der Waals surface area contributed by atoms with Crippen LogP contribution in [0.2, 0.25) is 5.02 Å². The lowest BCUT2D eigenvalue weighted by Gasteiger charge is -2.14. The zero-order chi connectivity index (χ0) is 21.2. The Morgan fingerprint density at radius 1 is 1.17 bits per heavy atom. The molecule has 3 N–H and O–H groups in total. The average molecular weight is 425 g/mol. The molecular formula is C20H23ClF2N4O2. The number of aliphatic imine (C=N–C) groups is 1. The minimum atomic E-state index is -2.92. The predicted octanol–water partition coefficient (Wildman–Crippen LogP) is 3.56. The molecule has 29 heavy (non-hydrogen) atoms. The Bertz CT molecular complexity index is 845. The van der Waals surface area contributed by atoms with Gasteiger partial charge in [-0.3, -0.25) is 4.79 Å². The molecule has 2 aromatic carbocycles. The minimum Gasteiger partial charge on any atom is -0.434 e. The third-order valence-corrected chi connectivity index (χ3v) is 4.13. The van der Waals surface area contributed by atoms with E-state index in [-0.39, 0.29) is 18.2 Å². The Morgan fingerprint density at radius 3 is 2.52 bits per heavy atom. The van der Waals surface area contributed by atoms with Crippen LogP contribution in [-0.2, 0) is 13.1 Å². The molecule has 2 rings (SSSR count). The van der Waals surface area contributed by atoms with Gasteiger partial charge in [0.2, 0.25) is 0 Å². The number of guanidine groups is 1. The fraction of sp³-hybridized carbons (Fsp3) is 0.300. The maximum atomic E-state index is 12.6. The number of benzene rings is 2. The van der Waals surface area contributed by atoms with Crippen molar-refractivity contribution in [2.75, 3.05) is 13.6 Å². The van der Waals surface area contributed by atoms with E-state index < -0.39 is 6.61 Å². The first kappa shape index (κ1) is 22.4. The Hall–Kier alpha value is -2.87. The topological polar surface area (TPSA) is 74.8 Å². The van der Waals surface area contributed by atoms with E-state index in [0.717, 1.165) is 5.56 Å². The van der Waals surface area contributed by atoms with Crippen LogP contribution in [0.5, 0.6) is 5.75 Å². The summed E-state index contributed by atoms with van der Waals surface area (Å²) in [5, 5.41) is 9.15. The van der Waals surface area contributed by atoms with E-state index >= 15 is 0 Å². The molecule has 0 aliphatic carbocycles. The van der Waals surface area contributed by atoms with Crippen LogP contribution in [0.4, 0.5) is 8.78 Å². The van der Waals surface area contributed by atoms with Crippen molar-refractivity contribution in [2.24, 2.45) is 4.99 Å². The Labute approximate surface area is 173 Å². The van der Waals surface area contributed by atoms with Crippen LogP contribution < -0.4 is 20.7 Å². The van der Waals surface area contributed by atoms with E-state index in [1.54, 1.807) is 25.2 Å². The highest BCUT2D eigenvalue weighted by atomic mass is 35.5. The van der Waals surface area contributed by atoms with Crippen molar-refractivity contribution >= 4 is 23.5 Å². The molecule has 9 heteroatoms. The third kappa shape index (κ3) is 7.23. The molecule has 0 saturated carbocycles. The van der Waals surface area contributed by atoms with E-state index in [1.165, 1.54) is 12.1 Å². The molecule has 0 aliphatic rings. The zero-order valence-electron chi connectivity index (χ0n) is 16.1. The lowest BCUT2D eigenvalue weighted by Crippen LogP contribution is -2.36. The molecule has 0 heterocycles. The number of hydrogen-bond acceptors (Lipinski definition) is 3. The lowest BCUT2D eigenvalue weighted by molar-refractivity contribution is -0.0504. The average Bonchev–Trinajstić information content (AvgIpc) is 2.71. The molecule has 0 atom stereocenters. The molecule has 1 amide bonds. The van der Waals surface area contributed by atoms with Gasteiger partial charge >= 0.3 is 6.61 Å². The molecule has 0 bridgehead atoms. The number of nitrogens with zero attached hydrogens (tertiary/aromatic N) is 1. The predicted molar refractivity (Wildman–Crippen MR) is 110 cm³/mol. The number of halogens is 3. The number of ether oxygens (including phenoxy) is 1. The first-order valence-corrected chi connectivity index (χ1v) is 9.37. The van der Waals surface area contributed by atoms with Crippen LogP contribution in [-0.4, -0.2) is 32.1 Å². The quantitative estimate of drug-likeness (QED) is 0.447. The summed E-state index contributed by atoms with van der Waals surface area (Å²) in [5.74, 6) is 0.404. The van der Waals surface area contributed by atoms with Crippen molar-refractivity contribution in [1.29, 1.82) is 0 Å². The van der Waals surface area contributed by atoms with Gasteiger partial charge in [-0.1, -0.05) is 23.7 Å². The molecule has 0 radical (unpaired) electrons. The summed E-state index contributed by atoms with van der Waals surface area (Å²) in [6.07, 6.45) is 0. The van der Waals surface area contributed by atoms with Gasteiger partial charge in [-0.05, 0) is 42.8 Å². The number of amides is 1. The molecule has 0 saturated heterocycles. The summed E-state index contributed by atoms with van der Waals surface area (Å²) in [6.45, 7) is 0.190. The summed E-state index contributed by atoms with van der Waals surface area (Å²) in [4.78, 5) is 16.1. The third-order valence-electron chi connectivity index (χ3n) is 3.89. The lowest BCUT2D eigenvalue weighted by atomic mass is 10.1. The number of alkyl halides is 2. The van der Waals surface area contributed by atoms with E-state index in [2.05, 4.69) is 25.7 Å². The van der Waals surface area contributed by atoms with Crippen molar-refractivity contribution < 1.29 is 18.3 Å². The zero-order valence-corrected chi connectivity index (χ0v) is 16.9. The van der Waals surface area contributed by atoms with Crippen molar-refractivity contribution in [3.05, 3.63) is 64.2 Å². The van der Waals surface area contributed by atoms with E-state index in [9.17, 15) is 13.6 Å². The SMILES string of the molecule is CCNC(=NCc1ccc(C(=O)NC)cc1)NCc1cc(Cl)ccc1OC(F)F. The van der Waals surface area contributed by atoms with E-state index in [4.69, 9.17) is 11.6 Å². The molecular weight excluding hydrogens is 402 g/mol. The van der Waals surface area contributed by atoms with Gasteiger partial charge in [0.25, 0.3) is 5.91 Å². The monoisotopic (exact) mass is 424 g/mol. The van der Waals surface area contributed by atoms with Gasteiger partial charge in [-0.25, -0.2) is 4.99 Å². The number of rotatable bonds is 8. The summed E-state index contributed by atoms with van der Waals surface area (Å²) < 4.78 is 29.7. The second-order valence-electron chi connectivity index (χ2n) is 5.96. The van der Waals surface area contributed by atoms with Crippen LogP contribution in [0.1, 0.15) is 28.4 Å². The molecule has 0 aliphatic heterocycles. The van der Waals surface area contributed by atoms with Gasteiger partial charge in [-0.2, -0.15) is 8.78 Å². The van der Waals surface area contributed by atoms with Crippen LogP contribution in [0.25, 0.3) is 0 Å². The van der Waals surface area contributed by atoms with Gasteiger partial charge in [0.15, 0.2) is 5.96 Å². The highest BCUT2D eigenvalue weighted by Crippen LogP contribution is 2.24. The van der Waals surface area contributed by atoms with Gasteiger partial charge in [0, 0.05) is 36.3 Å². The van der Waals surface area contributed by atoms with E-state index in [1.807, 2.05) is 19.1 Å². The van der Waals surface area contributed by atoms with Crippen LogP contribution in [0.15, 0.2) is 47.5 Å². The second kappa shape index (κ2) is 11.2. The normalized spacial score (nSPS) is 11.3. The Morgan fingerprint density at radius 2 is 1.90 bits per heavy atom.